The predicted molar refractivity (Wildman–Crippen MR) is 135 cm³/mol. The molecule has 9 heteroatoms. The fraction of sp³-hybridized carbons (Fsp3) is 0.333. The number of rotatable bonds is 5. The van der Waals surface area contributed by atoms with Crippen LogP contribution in [0.2, 0.25) is 0 Å². The molecule has 1 saturated heterocycles. The molecule has 1 atom stereocenters. The highest BCUT2D eigenvalue weighted by atomic mass is 19.1. The molecule has 8 nitrogen and oxygen atoms in total. The SMILES string of the molecule is CCc1ncnc(-c2ccc(C(=O)N3CCN(C(C)CO)CC3)c(F)c2)c1C#Cc1ccc(N)nc1. The Hall–Kier alpha value is -3.87. The first-order chi connectivity index (χ1) is 17.4. The summed E-state index contributed by atoms with van der Waals surface area (Å²) in [6.45, 7) is 6.21. The second-order valence-corrected chi connectivity index (χ2v) is 8.67. The number of aliphatic hydroxyl groups is 1. The normalized spacial score (nSPS) is 14.7. The van der Waals surface area contributed by atoms with Gasteiger partial charge in [0.05, 0.1) is 29.1 Å². The molecule has 0 saturated carbocycles. The van der Waals surface area contributed by atoms with Gasteiger partial charge in [-0.05, 0) is 37.6 Å². The van der Waals surface area contributed by atoms with Gasteiger partial charge >= 0.3 is 0 Å². The van der Waals surface area contributed by atoms with Crippen molar-refractivity contribution in [1.29, 1.82) is 0 Å². The fourth-order valence-electron chi connectivity index (χ4n) is 4.14. The van der Waals surface area contributed by atoms with Gasteiger partial charge < -0.3 is 15.7 Å². The number of carbonyl (C=O) groups excluding carboxylic acids is 1. The molecule has 1 aromatic carbocycles. The molecule has 1 unspecified atom stereocenters. The smallest absolute Gasteiger partial charge is 0.256 e. The summed E-state index contributed by atoms with van der Waals surface area (Å²) in [6.07, 6.45) is 3.65. The Morgan fingerprint density at radius 2 is 1.92 bits per heavy atom. The van der Waals surface area contributed by atoms with Gasteiger partial charge in [-0.25, -0.2) is 19.3 Å². The van der Waals surface area contributed by atoms with Crippen molar-refractivity contribution < 1.29 is 14.3 Å². The highest BCUT2D eigenvalue weighted by Crippen LogP contribution is 2.26. The van der Waals surface area contributed by atoms with E-state index in [1.54, 1.807) is 29.3 Å². The number of amides is 1. The van der Waals surface area contributed by atoms with Gasteiger partial charge in [0.1, 0.15) is 18.0 Å². The average molecular weight is 489 g/mol. The average Bonchev–Trinajstić information content (AvgIpc) is 2.91. The molecule has 2 aromatic heterocycles. The lowest BCUT2D eigenvalue weighted by molar-refractivity contribution is 0.0508. The largest absolute Gasteiger partial charge is 0.395 e. The van der Waals surface area contributed by atoms with E-state index in [0.717, 1.165) is 5.69 Å². The molecule has 4 rings (SSSR count). The number of hydrogen-bond donors (Lipinski definition) is 2. The first-order valence-corrected chi connectivity index (χ1v) is 11.9. The van der Waals surface area contributed by atoms with E-state index in [1.165, 1.54) is 18.5 Å². The molecule has 0 aliphatic carbocycles. The maximum Gasteiger partial charge on any atom is 0.256 e. The van der Waals surface area contributed by atoms with Crippen LogP contribution in [0.1, 0.15) is 41.0 Å². The van der Waals surface area contributed by atoms with Crippen LogP contribution < -0.4 is 5.73 Å². The van der Waals surface area contributed by atoms with E-state index >= 15 is 4.39 Å². The fourth-order valence-corrected chi connectivity index (χ4v) is 4.14. The van der Waals surface area contributed by atoms with Gasteiger partial charge in [0.15, 0.2) is 0 Å². The summed E-state index contributed by atoms with van der Waals surface area (Å²) in [5.41, 5.74) is 8.71. The molecular weight excluding hydrogens is 459 g/mol. The van der Waals surface area contributed by atoms with Gasteiger partial charge in [0.25, 0.3) is 5.91 Å². The lowest BCUT2D eigenvalue weighted by Crippen LogP contribution is -2.52. The summed E-state index contributed by atoms with van der Waals surface area (Å²) < 4.78 is 15.2. The minimum absolute atomic E-state index is 0.0211. The standard InChI is InChI=1S/C27H29FN6O2/c1-3-24-22(7-4-19-5-9-25(29)30-15-19)26(32-17-31-24)20-6-8-21(23(28)14-20)27(36)34-12-10-33(11-13-34)18(2)16-35/h5-6,8-9,14-15,17-18,35H,3,10-13,16H2,1-2H3,(H2,29,30). The first kappa shape index (κ1) is 25.2. The van der Waals surface area contributed by atoms with Gasteiger partial charge in [0, 0.05) is 49.5 Å². The number of anilines is 1. The van der Waals surface area contributed by atoms with Gasteiger partial charge in [-0.1, -0.05) is 24.8 Å². The zero-order valence-corrected chi connectivity index (χ0v) is 20.4. The maximum absolute atomic E-state index is 15.2. The molecule has 36 heavy (non-hydrogen) atoms. The lowest BCUT2D eigenvalue weighted by atomic mass is 10.0. The molecule has 0 radical (unpaired) electrons. The summed E-state index contributed by atoms with van der Waals surface area (Å²) in [5, 5.41) is 9.35. The zero-order chi connectivity index (χ0) is 25.7. The number of aromatic nitrogens is 3. The third-order valence-electron chi connectivity index (χ3n) is 6.34. The van der Waals surface area contributed by atoms with E-state index in [1.807, 2.05) is 13.8 Å². The Morgan fingerprint density at radius 1 is 1.14 bits per heavy atom. The Bertz CT molecular complexity index is 1290. The van der Waals surface area contributed by atoms with Crippen LogP contribution in [0.25, 0.3) is 11.3 Å². The van der Waals surface area contributed by atoms with Crippen molar-refractivity contribution in [1.82, 2.24) is 24.8 Å². The summed E-state index contributed by atoms with van der Waals surface area (Å²) >= 11 is 0. The summed E-state index contributed by atoms with van der Waals surface area (Å²) in [4.78, 5) is 29.6. The molecule has 3 aromatic rings. The first-order valence-electron chi connectivity index (χ1n) is 11.9. The molecule has 3 N–H and O–H groups in total. The van der Waals surface area contributed by atoms with Crippen molar-refractivity contribution >= 4 is 11.7 Å². The van der Waals surface area contributed by atoms with Gasteiger partial charge in [-0.15, -0.1) is 0 Å². The Labute approximate surface area is 210 Å². The number of nitrogens with two attached hydrogens (primary N) is 1. The second kappa shape index (κ2) is 11.2. The number of hydrogen-bond acceptors (Lipinski definition) is 7. The number of halogens is 1. The number of pyridine rings is 1. The van der Waals surface area contributed by atoms with Crippen LogP contribution in [-0.2, 0) is 6.42 Å². The molecule has 186 valence electrons. The Kier molecular flexibility index (Phi) is 7.88. The van der Waals surface area contributed by atoms with E-state index in [-0.39, 0.29) is 24.1 Å². The predicted octanol–water partition coefficient (Wildman–Crippen LogP) is 2.36. The minimum atomic E-state index is -0.609. The molecule has 1 aliphatic rings. The van der Waals surface area contributed by atoms with Crippen LogP contribution in [0, 0.1) is 17.7 Å². The quantitative estimate of drug-likeness (QED) is 0.531. The van der Waals surface area contributed by atoms with Crippen molar-refractivity contribution in [3.63, 3.8) is 0 Å². The lowest BCUT2D eigenvalue weighted by Gasteiger charge is -2.37. The van der Waals surface area contributed by atoms with Crippen molar-refractivity contribution in [2.24, 2.45) is 0 Å². The Morgan fingerprint density at radius 3 is 2.56 bits per heavy atom. The summed E-state index contributed by atoms with van der Waals surface area (Å²) in [6, 6.07) is 8.01. The molecule has 1 amide bonds. The highest BCUT2D eigenvalue weighted by molar-refractivity contribution is 5.95. The number of carbonyl (C=O) groups is 1. The highest BCUT2D eigenvalue weighted by Gasteiger charge is 2.26. The second-order valence-electron chi connectivity index (χ2n) is 8.67. The van der Waals surface area contributed by atoms with Crippen molar-refractivity contribution in [3.8, 4) is 23.1 Å². The maximum atomic E-state index is 15.2. The molecule has 3 heterocycles. The van der Waals surface area contributed by atoms with Crippen LogP contribution in [0.3, 0.4) is 0 Å². The van der Waals surface area contributed by atoms with E-state index in [2.05, 4.69) is 31.7 Å². The van der Waals surface area contributed by atoms with Crippen LogP contribution in [0.5, 0.6) is 0 Å². The third kappa shape index (κ3) is 5.51. The number of nitrogen functional groups attached to an aromatic ring is 1. The molecule has 0 bridgehead atoms. The van der Waals surface area contributed by atoms with Gasteiger partial charge in [-0.3, -0.25) is 9.69 Å². The number of nitrogens with zero attached hydrogens (tertiary/aromatic N) is 5. The van der Waals surface area contributed by atoms with Crippen LogP contribution in [0.4, 0.5) is 10.2 Å². The Balaban J connectivity index is 1.60. The minimum Gasteiger partial charge on any atom is -0.395 e. The molecule has 0 spiro atoms. The van der Waals surface area contributed by atoms with Crippen LogP contribution in [-0.4, -0.2) is 74.6 Å². The van der Waals surface area contributed by atoms with Gasteiger partial charge in [-0.2, -0.15) is 0 Å². The number of aliphatic hydroxyl groups excluding tert-OH is 1. The number of benzene rings is 1. The van der Waals surface area contributed by atoms with Crippen molar-refractivity contribution in [3.05, 3.63) is 71.1 Å². The van der Waals surface area contributed by atoms with E-state index in [9.17, 15) is 9.90 Å². The zero-order valence-electron chi connectivity index (χ0n) is 20.4. The molecule has 1 aliphatic heterocycles. The molecular formula is C27H29FN6O2. The summed E-state index contributed by atoms with van der Waals surface area (Å²) in [7, 11) is 0. The van der Waals surface area contributed by atoms with Crippen LogP contribution in [0.15, 0.2) is 42.9 Å². The van der Waals surface area contributed by atoms with E-state index in [0.29, 0.717) is 60.8 Å². The topological polar surface area (TPSA) is 108 Å². The van der Waals surface area contributed by atoms with E-state index in [4.69, 9.17) is 5.73 Å². The van der Waals surface area contributed by atoms with Crippen LogP contribution >= 0.6 is 0 Å². The van der Waals surface area contributed by atoms with E-state index < -0.39 is 5.82 Å². The third-order valence-corrected chi connectivity index (χ3v) is 6.34. The number of piperazine rings is 1. The number of aryl methyl sites for hydroxylation is 1. The molecule has 1 fully saturated rings. The monoisotopic (exact) mass is 488 g/mol. The van der Waals surface area contributed by atoms with Crippen molar-refractivity contribution in [2.45, 2.75) is 26.3 Å². The van der Waals surface area contributed by atoms with Crippen molar-refractivity contribution in [2.75, 3.05) is 38.5 Å². The summed E-state index contributed by atoms with van der Waals surface area (Å²) in [5.74, 6) is 5.63. The van der Waals surface area contributed by atoms with Gasteiger partial charge in [0.2, 0.25) is 0 Å².